The van der Waals surface area contributed by atoms with Crippen molar-refractivity contribution in [2.75, 3.05) is 27.3 Å². The predicted molar refractivity (Wildman–Crippen MR) is 156 cm³/mol. The highest BCUT2D eigenvalue weighted by molar-refractivity contribution is 6.14. The number of Topliss-reactive ketones (excluding diaryl/α,β-unsaturated/α-hetero) is 1. The maximum absolute atomic E-state index is 13.8. The molecule has 0 bridgehead atoms. The Bertz CT molecular complexity index is 1410. The number of benzene rings is 2. The summed E-state index contributed by atoms with van der Waals surface area (Å²) in [5.74, 6) is 1.66. The van der Waals surface area contributed by atoms with Gasteiger partial charge in [0, 0.05) is 66.2 Å². The van der Waals surface area contributed by atoms with Gasteiger partial charge in [-0.15, -0.1) is 0 Å². The summed E-state index contributed by atoms with van der Waals surface area (Å²) < 4.78 is 14.9. The van der Waals surface area contributed by atoms with Gasteiger partial charge in [-0.05, 0) is 73.5 Å². The SMILES string of the molecule is COc1ccc(/C=C2\CN(C(C)C)C/C(=C\c3ccc(OC)c(Cn4cccn4)c3)C2=O)cc1Cn1cccn1. The number of methoxy groups -OCH3 is 2. The van der Waals surface area contributed by atoms with Crippen molar-refractivity contribution in [2.24, 2.45) is 0 Å². The van der Waals surface area contributed by atoms with Crippen molar-refractivity contribution in [2.45, 2.75) is 33.0 Å². The Labute approximate surface area is 235 Å². The second-order valence-corrected chi connectivity index (χ2v) is 10.2. The first kappa shape index (κ1) is 27.1. The van der Waals surface area contributed by atoms with Crippen molar-refractivity contribution in [1.29, 1.82) is 0 Å². The van der Waals surface area contributed by atoms with Crippen LogP contribution in [-0.2, 0) is 17.9 Å². The number of carbonyl (C=O) groups excluding carboxylic acids is 1. The molecule has 2 aromatic carbocycles. The monoisotopic (exact) mass is 537 g/mol. The van der Waals surface area contributed by atoms with E-state index in [4.69, 9.17) is 9.47 Å². The van der Waals surface area contributed by atoms with Gasteiger partial charge >= 0.3 is 0 Å². The maximum Gasteiger partial charge on any atom is 0.187 e. The number of rotatable bonds is 9. The van der Waals surface area contributed by atoms with Gasteiger partial charge in [0.15, 0.2) is 5.78 Å². The second kappa shape index (κ2) is 12.2. The van der Waals surface area contributed by atoms with Crippen LogP contribution in [0, 0.1) is 0 Å². The Balaban J connectivity index is 1.47. The lowest BCUT2D eigenvalue weighted by Crippen LogP contribution is -2.41. The molecule has 1 fully saturated rings. The number of carbonyl (C=O) groups is 1. The van der Waals surface area contributed by atoms with Gasteiger partial charge < -0.3 is 9.47 Å². The summed E-state index contributed by atoms with van der Waals surface area (Å²) in [5, 5.41) is 8.65. The second-order valence-electron chi connectivity index (χ2n) is 10.2. The van der Waals surface area contributed by atoms with E-state index >= 15 is 0 Å². The van der Waals surface area contributed by atoms with Crippen LogP contribution < -0.4 is 9.47 Å². The van der Waals surface area contributed by atoms with Crippen LogP contribution in [0.1, 0.15) is 36.1 Å². The first-order valence-electron chi connectivity index (χ1n) is 13.4. The van der Waals surface area contributed by atoms with Crippen LogP contribution in [-0.4, -0.2) is 63.6 Å². The third-order valence-corrected chi connectivity index (χ3v) is 7.13. The Morgan fingerprint density at radius 2 is 1.27 bits per heavy atom. The van der Waals surface area contributed by atoms with E-state index in [9.17, 15) is 4.79 Å². The number of likely N-dealkylation sites (tertiary alicyclic amines) is 1. The quantitative estimate of drug-likeness (QED) is 0.281. The summed E-state index contributed by atoms with van der Waals surface area (Å²) in [6.07, 6.45) is 11.4. The van der Waals surface area contributed by atoms with Crippen LogP contribution >= 0.6 is 0 Å². The molecule has 3 heterocycles. The smallest absolute Gasteiger partial charge is 0.187 e. The van der Waals surface area contributed by atoms with Crippen LogP contribution in [0.5, 0.6) is 11.5 Å². The molecule has 0 radical (unpaired) electrons. The summed E-state index contributed by atoms with van der Waals surface area (Å²) >= 11 is 0. The molecular weight excluding hydrogens is 502 g/mol. The molecule has 206 valence electrons. The molecular formula is C32H35N5O3. The van der Waals surface area contributed by atoms with Gasteiger partial charge in [0.05, 0.1) is 27.3 Å². The fourth-order valence-electron chi connectivity index (χ4n) is 4.99. The van der Waals surface area contributed by atoms with E-state index in [-0.39, 0.29) is 11.8 Å². The Morgan fingerprint density at radius 1 is 0.800 bits per heavy atom. The summed E-state index contributed by atoms with van der Waals surface area (Å²) in [7, 11) is 3.34. The molecule has 1 saturated heterocycles. The minimum atomic E-state index is 0.0748. The van der Waals surface area contributed by atoms with Crippen molar-refractivity contribution in [1.82, 2.24) is 24.5 Å². The number of nitrogens with zero attached hydrogens (tertiary/aromatic N) is 5. The Hall–Kier alpha value is -4.43. The molecule has 8 heteroatoms. The van der Waals surface area contributed by atoms with E-state index in [2.05, 4.69) is 41.1 Å². The zero-order valence-electron chi connectivity index (χ0n) is 23.4. The topological polar surface area (TPSA) is 74.4 Å². The highest BCUT2D eigenvalue weighted by Crippen LogP contribution is 2.28. The Morgan fingerprint density at radius 3 is 1.65 bits per heavy atom. The molecule has 2 aromatic heterocycles. The molecule has 0 amide bonds. The molecule has 1 aliphatic rings. The van der Waals surface area contributed by atoms with Crippen molar-refractivity contribution in [3.63, 3.8) is 0 Å². The lowest BCUT2D eigenvalue weighted by molar-refractivity contribution is -0.113. The standard InChI is InChI=1S/C32H35N5O3/c1-23(2)35-19-28(17-24-7-9-30(39-3)26(15-24)21-36-13-5-11-33-36)32(38)29(20-35)18-25-8-10-31(40-4)27(16-25)22-37-14-6-12-34-37/h5-18,23H,19-22H2,1-4H3/b28-17+,29-18+. The van der Waals surface area contributed by atoms with Crippen LogP contribution in [0.25, 0.3) is 12.2 Å². The maximum atomic E-state index is 13.8. The minimum Gasteiger partial charge on any atom is -0.496 e. The zero-order chi connectivity index (χ0) is 28.1. The summed E-state index contributed by atoms with van der Waals surface area (Å²) in [4.78, 5) is 16.1. The van der Waals surface area contributed by atoms with Gasteiger partial charge in [-0.3, -0.25) is 19.1 Å². The normalized spacial score (nSPS) is 16.3. The van der Waals surface area contributed by atoms with Gasteiger partial charge in [-0.2, -0.15) is 10.2 Å². The van der Waals surface area contributed by atoms with Gasteiger partial charge in [-0.25, -0.2) is 0 Å². The molecule has 1 aliphatic heterocycles. The van der Waals surface area contributed by atoms with Gasteiger partial charge in [0.2, 0.25) is 0 Å². The summed E-state index contributed by atoms with van der Waals surface area (Å²) in [6, 6.07) is 16.1. The highest BCUT2D eigenvalue weighted by Gasteiger charge is 2.27. The highest BCUT2D eigenvalue weighted by atomic mass is 16.5. The van der Waals surface area contributed by atoms with Crippen LogP contribution in [0.2, 0.25) is 0 Å². The largest absolute Gasteiger partial charge is 0.496 e. The van der Waals surface area contributed by atoms with Crippen LogP contribution in [0.4, 0.5) is 0 Å². The Kier molecular flexibility index (Phi) is 8.26. The van der Waals surface area contributed by atoms with Crippen LogP contribution in [0.3, 0.4) is 0 Å². The zero-order valence-corrected chi connectivity index (χ0v) is 23.4. The average Bonchev–Trinajstić information content (AvgIpc) is 3.66. The van der Waals surface area contributed by atoms with Gasteiger partial charge in [0.1, 0.15) is 11.5 Å². The van der Waals surface area contributed by atoms with Gasteiger partial charge in [0.25, 0.3) is 0 Å². The van der Waals surface area contributed by atoms with Gasteiger partial charge in [-0.1, -0.05) is 12.1 Å². The molecule has 5 rings (SSSR count). The first-order chi connectivity index (χ1) is 19.4. The van der Waals surface area contributed by atoms with Crippen molar-refractivity contribution in [3.05, 3.63) is 107 Å². The van der Waals surface area contributed by atoms with E-state index in [0.717, 1.165) is 44.9 Å². The number of aromatic nitrogens is 4. The first-order valence-corrected chi connectivity index (χ1v) is 13.4. The lowest BCUT2D eigenvalue weighted by Gasteiger charge is -2.33. The average molecular weight is 538 g/mol. The summed E-state index contributed by atoms with van der Waals surface area (Å²) in [6.45, 7) is 6.70. The number of hydrogen-bond donors (Lipinski definition) is 0. The van der Waals surface area contributed by atoms with E-state index in [1.54, 1.807) is 26.6 Å². The fourth-order valence-corrected chi connectivity index (χ4v) is 4.99. The fraction of sp³-hybridized carbons (Fsp3) is 0.281. The molecule has 0 aliphatic carbocycles. The number of piperidine rings is 1. The molecule has 4 aromatic rings. The van der Waals surface area contributed by atoms with E-state index in [1.165, 1.54) is 0 Å². The van der Waals surface area contributed by atoms with E-state index in [1.807, 2.05) is 70.3 Å². The number of hydrogen-bond acceptors (Lipinski definition) is 6. The molecule has 40 heavy (non-hydrogen) atoms. The van der Waals surface area contributed by atoms with E-state index in [0.29, 0.717) is 26.2 Å². The van der Waals surface area contributed by atoms with Crippen molar-refractivity contribution >= 4 is 17.9 Å². The lowest BCUT2D eigenvalue weighted by atomic mass is 9.93. The predicted octanol–water partition coefficient (Wildman–Crippen LogP) is 4.95. The van der Waals surface area contributed by atoms with Crippen molar-refractivity contribution < 1.29 is 14.3 Å². The third-order valence-electron chi connectivity index (χ3n) is 7.13. The molecule has 8 nitrogen and oxygen atoms in total. The summed E-state index contributed by atoms with van der Waals surface area (Å²) in [5.41, 5.74) is 5.47. The molecule has 0 saturated carbocycles. The minimum absolute atomic E-state index is 0.0748. The number of ketones is 1. The molecule has 0 N–H and O–H groups in total. The molecule has 0 spiro atoms. The molecule has 0 unspecified atom stereocenters. The molecule has 0 atom stereocenters. The van der Waals surface area contributed by atoms with Crippen molar-refractivity contribution in [3.8, 4) is 11.5 Å². The van der Waals surface area contributed by atoms with E-state index < -0.39 is 0 Å². The third kappa shape index (κ3) is 6.24. The number of ether oxygens (including phenoxy) is 2. The van der Waals surface area contributed by atoms with Crippen LogP contribution in [0.15, 0.2) is 84.5 Å².